The number of aliphatic hydroxyl groups is 1. The van der Waals surface area contributed by atoms with E-state index in [9.17, 15) is 14.7 Å². The molecule has 0 bridgehead atoms. The van der Waals surface area contributed by atoms with E-state index in [1.807, 2.05) is 20.8 Å². The molecule has 0 saturated carbocycles. The van der Waals surface area contributed by atoms with Crippen molar-refractivity contribution in [1.82, 2.24) is 15.2 Å². The number of aryl methyl sites for hydroxylation is 3. The van der Waals surface area contributed by atoms with Crippen molar-refractivity contribution in [2.75, 3.05) is 18.1 Å². The van der Waals surface area contributed by atoms with Crippen LogP contribution in [0.15, 0.2) is 58.1 Å². The maximum atomic E-state index is 14.0. The van der Waals surface area contributed by atoms with E-state index < -0.39 is 23.5 Å². The van der Waals surface area contributed by atoms with E-state index in [4.69, 9.17) is 9.47 Å². The molecule has 2 aromatic carbocycles. The molecule has 3 heterocycles. The van der Waals surface area contributed by atoms with Gasteiger partial charge in [0.15, 0.2) is 21.6 Å². The number of aromatic nitrogens is 3. The van der Waals surface area contributed by atoms with Gasteiger partial charge in [0.05, 0.1) is 40.4 Å². The first kappa shape index (κ1) is 31.7. The summed E-state index contributed by atoms with van der Waals surface area (Å²) < 4.78 is 12.6. The summed E-state index contributed by atoms with van der Waals surface area (Å²) >= 11 is 3.98. The summed E-state index contributed by atoms with van der Waals surface area (Å²) in [6, 6.07) is 12.6. The number of benzene rings is 2. The molecule has 0 fully saturated rings. The monoisotopic (exact) mass is 650 g/mol. The molecular formula is C32H34N4O5S3. The minimum Gasteiger partial charge on any atom is -0.503 e. The second-order valence-corrected chi connectivity index (χ2v) is 13.7. The molecule has 230 valence electrons. The van der Waals surface area contributed by atoms with Crippen molar-refractivity contribution >= 4 is 51.3 Å². The number of thiazole rings is 1. The van der Waals surface area contributed by atoms with Crippen molar-refractivity contribution in [3.8, 4) is 11.5 Å². The van der Waals surface area contributed by atoms with E-state index in [1.165, 1.54) is 44.9 Å². The zero-order valence-corrected chi connectivity index (χ0v) is 27.7. The Labute approximate surface area is 269 Å². The van der Waals surface area contributed by atoms with Crippen LogP contribution in [0.5, 0.6) is 11.5 Å². The Bertz CT molecular complexity index is 1700. The summed E-state index contributed by atoms with van der Waals surface area (Å²) in [6.45, 7) is 10.5. The van der Waals surface area contributed by atoms with Crippen molar-refractivity contribution in [2.24, 2.45) is 0 Å². The minimum atomic E-state index is -0.969. The smallest absolute Gasteiger partial charge is 0.296 e. The minimum absolute atomic E-state index is 0.0343. The SMILES string of the molecule is CCCCOc1ccc(C2C(C(=O)c3sc(C)nc3C)=C(O)C(=O)N2c2nnc(SCc3ccc(C)cc3)s2)cc1OCC. The van der Waals surface area contributed by atoms with Gasteiger partial charge in [0, 0.05) is 5.75 Å². The molecule has 1 aliphatic rings. The Kier molecular flexibility index (Phi) is 10.0. The molecule has 0 saturated heterocycles. The number of ketones is 1. The van der Waals surface area contributed by atoms with E-state index in [1.54, 1.807) is 25.1 Å². The van der Waals surface area contributed by atoms with Crippen molar-refractivity contribution in [3.05, 3.63) is 86.1 Å². The van der Waals surface area contributed by atoms with E-state index >= 15 is 0 Å². The number of carbonyl (C=O) groups is 2. The number of aliphatic hydroxyl groups excluding tert-OH is 1. The summed E-state index contributed by atoms with van der Waals surface area (Å²) in [5.74, 6) is -0.0452. The van der Waals surface area contributed by atoms with E-state index in [0.717, 1.165) is 23.4 Å². The number of ether oxygens (including phenoxy) is 2. The highest BCUT2D eigenvalue weighted by Crippen LogP contribution is 2.46. The van der Waals surface area contributed by atoms with Gasteiger partial charge in [0.25, 0.3) is 5.91 Å². The lowest BCUT2D eigenvalue weighted by atomic mass is 9.95. The topological polar surface area (TPSA) is 115 Å². The number of unbranched alkanes of at least 4 members (excludes halogenated alkanes) is 1. The zero-order chi connectivity index (χ0) is 31.4. The number of amides is 1. The van der Waals surface area contributed by atoms with Gasteiger partial charge in [-0.25, -0.2) is 4.98 Å². The molecule has 12 heteroatoms. The Morgan fingerprint density at radius 3 is 2.48 bits per heavy atom. The van der Waals surface area contributed by atoms with Gasteiger partial charge < -0.3 is 14.6 Å². The normalized spacial score (nSPS) is 14.9. The molecule has 1 unspecified atom stereocenters. The van der Waals surface area contributed by atoms with Crippen LogP contribution in [0.4, 0.5) is 5.13 Å². The van der Waals surface area contributed by atoms with Crippen molar-refractivity contribution in [2.45, 2.75) is 63.6 Å². The molecule has 5 rings (SSSR count). The molecule has 2 aromatic heterocycles. The third-order valence-electron chi connectivity index (χ3n) is 6.99. The van der Waals surface area contributed by atoms with E-state index in [0.29, 0.717) is 50.9 Å². The Morgan fingerprint density at radius 1 is 1.02 bits per heavy atom. The average molecular weight is 651 g/mol. The third-order valence-corrected chi connectivity index (χ3v) is 10.2. The molecule has 44 heavy (non-hydrogen) atoms. The number of thioether (sulfide) groups is 1. The van der Waals surface area contributed by atoms with Crippen molar-refractivity contribution in [3.63, 3.8) is 0 Å². The second kappa shape index (κ2) is 13.9. The van der Waals surface area contributed by atoms with Crippen LogP contribution in [-0.2, 0) is 10.5 Å². The highest BCUT2D eigenvalue weighted by Gasteiger charge is 2.47. The molecule has 4 aromatic rings. The summed E-state index contributed by atoms with van der Waals surface area (Å²) in [5, 5.41) is 20.9. The van der Waals surface area contributed by atoms with E-state index in [2.05, 4.69) is 46.4 Å². The summed E-state index contributed by atoms with van der Waals surface area (Å²) in [6.07, 6.45) is 1.88. The summed E-state index contributed by atoms with van der Waals surface area (Å²) in [4.78, 5) is 33.9. The molecule has 1 amide bonds. The second-order valence-electron chi connectivity index (χ2n) is 10.3. The number of hydrogen-bond donors (Lipinski definition) is 1. The fraction of sp³-hybridized carbons (Fsp3) is 0.344. The largest absolute Gasteiger partial charge is 0.503 e. The zero-order valence-electron chi connectivity index (χ0n) is 25.2. The van der Waals surface area contributed by atoms with E-state index in [-0.39, 0.29) is 10.7 Å². The number of nitrogens with zero attached hydrogens (tertiary/aromatic N) is 4. The molecular weight excluding hydrogens is 617 g/mol. The van der Waals surface area contributed by atoms with Crippen LogP contribution in [0.1, 0.15) is 69.8 Å². The highest BCUT2D eigenvalue weighted by molar-refractivity contribution is 8.00. The average Bonchev–Trinajstić information content (AvgIpc) is 3.68. The lowest BCUT2D eigenvalue weighted by Crippen LogP contribution is -2.31. The van der Waals surface area contributed by atoms with Crippen LogP contribution >= 0.6 is 34.4 Å². The predicted octanol–water partition coefficient (Wildman–Crippen LogP) is 7.57. The predicted molar refractivity (Wildman–Crippen MR) is 174 cm³/mol. The summed E-state index contributed by atoms with van der Waals surface area (Å²) in [7, 11) is 0. The van der Waals surface area contributed by atoms with Gasteiger partial charge in [-0.2, -0.15) is 0 Å². The van der Waals surface area contributed by atoms with Gasteiger partial charge >= 0.3 is 0 Å². The first-order valence-corrected chi connectivity index (χ1v) is 17.0. The lowest BCUT2D eigenvalue weighted by molar-refractivity contribution is -0.117. The molecule has 0 radical (unpaired) electrons. The number of rotatable bonds is 13. The molecule has 9 nitrogen and oxygen atoms in total. The number of anilines is 1. The number of carbonyl (C=O) groups excluding carboxylic acids is 2. The first-order valence-electron chi connectivity index (χ1n) is 14.4. The standard InChI is InChI=1S/C32H34N4O5S3/c1-6-8-15-41-23-14-13-22(16-24(23)40-7-2)26-25(27(37)29-19(4)33-20(5)43-29)28(38)30(39)36(26)31-34-35-32(44-31)42-17-21-11-9-18(3)10-12-21/h9-14,16,26,38H,6-8,15,17H2,1-5H3. The van der Waals surface area contributed by atoms with Gasteiger partial charge in [0.2, 0.25) is 10.9 Å². The van der Waals surface area contributed by atoms with Gasteiger partial charge in [-0.3, -0.25) is 14.5 Å². The molecule has 1 N–H and O–H groups in total. The first-order chi connectivity index (χ1) is 21.2. The van der Waals surface area contributed by atoms with Crippen LogP contribution in [0, 0.1) is 20.8 Å². The van der Waals surface area contributed by atoms with Gasteiger partial charge in [-0.05, 0) is 57.4 Å². The molecule has 1 atom stereocenters. The number of hydrogen-bond acceptors (Lipinski definition) is 11. The fourth-order valence-electron chi connectivity index (χ4n) is 4.81. The van der Waals surface area contributed by atoms with Gasteiger partial charge in [-0.1, -0.05) is 72.3 Å². The van der Waals surface area contributed by atoms with Crippen LogP contribution in [0.2, 0.25) is 0 Å². The number of Topliss-reactive ketones (excluding diaryl/α,β-unsaturated/α-hetero) is 1. The van der Waals surface area contributed by atoms with Gasteiger partial charge in [0.1, 0.15) is 0 Å². The molecule has 0 spiro atoms. The Hall–Kier alpha value is -3.74. The van der Waals surface area contributed by atoms with Crippen molar-refractivity contribution < 1.29 is 24.2 Å². The maximum absolute atomic E-state index is 14.0. The summed E-state index contributed by atoms with van der Waals surface area (Å²) in [5.41, 5.74) is 3.40. The quantitative estimate of drug-likeness (QED) is 0.0677. The maximum Gasteiger partial charge on any atom is 0.296 e. The third kappa shape index (κ3) is 6.67. The van der Waals surface area contributed by atoms with Gasteiger partial charge in [-0.15, -0.1) is 21.5 Å². The Balaban J connectivity index is 1.54. The van der Waals surface area contributed by atoms with Crippen molar-refractivity contribution in [1.29, 1.82) is 0 Å². The highest BCUT2D eigenvalue weighted by atomic mass is 32.2. The van der Waals surface area contributed by atoms with Crippen LogP contribution < -0.4 is 14.4 Å². The fourth-order valence-corrected chi connectivity index (χ4v) is 7.51. The van der Waals surface area contributed by atoms with Crippen LogP contribution in [0.25, 0.3) is 0 Å². The van der Waals surface area contributed by atoms with Crippen LogP contribution in [-0.4, -0.2) is 45.2 Å². The molecule has 0 aliphatic carbocycles. The Morgan fingerprint density at radius 2 is 1.80 bits per heavy atom. The molecule has 1 aliphatic heterocycles. The van der Waals surface area contributed by atoms with Crippen LogP contribution in [0.3, 0.4) is 0 Å². The lowest BCUT2D eigenvalue weighted by Gasteiger charge is -2.25.